The number of halogens is 4. The fourth-order valence-corrected chi connectivity index (χ4v) is 3.28. The van der Waals surface area contributed by atoms with Crippen LogP contribution in [0.5, 0.6) is 0 Å². The molecule has 0 spiro atoms. The van der Waals surface area contributed by atoms with Gasteiger partial charge in [-0.05, 0) is 12.5 Å². The van der Waals surface area contributed by atoms with Gasteiger partial charge in [-0.2, -0.15) is 0 Å². The van der Waals surface area contributed by atoms with Crippen molar-refractivity contribution in [1.82, 2.24) is 4.90 Å². The van der Waals surface area contributed by atoms with Crippen molar-refractivity contribution in [3.63, 3.8) is 0 Å². The lowest BCUT2D eigenvalue weighted by atomic mass is 10.0. The first-order valence-electron chi connectivity index (χ1n) is 5.36. The number of hydrogen-bond acceptors (Lipinski definition) is 5. The van der Waals surface area contributed by atoms with Gasteiger partial charge in [0.05, 0.1) is 0 Å². The van der Waals surface area contributed by atoms with E-state index < -0.39 is 15.8 Å². The van der Waals surface area contributed by atoms with Gasteiger partial charge in [0.1, 0.15) is 23.7 Å². The molecule has 114 valence electrons. The van der Waals surface area contributed by atoms with Gasteiger partial charge in [0.2, 0.25) is 9.70 Å². The third-order valence-electron chi connectivity index (χ3n) is 2.76. The topological polar surface area (TPSA) is 72.6 Å². The number of rotatable bonds is 2. The Balaban J connectivity index is 0.00000200. The normalized spacial score (nSPS) is 25.6. The van der Waals surface area contributed by atoms with Crippen LogP contribution in [0.15, 0.2) is 11.3 Å². The third kappa shape index (κ3) is 3.48. The highest BCUT2D eigenvalue weighted by atomic mass is 35.6. The van der Waals surface area contributed by atoms with Crippen LogP contribution in [-0.4, -0.2) is 44.3 Å². The molecular formula is C10H12Cl4N2O3S. The van der Waals surface area contributed by atoms with Gasteiger partial charge in [-0.25, -0.2) is 4.79 Å². The molecule has 0 radical (unpaired) electrons. The number of ether oxygens (including phenoxy) is 1. The standard InChI is InChI=1S/C10H11Cl3N2O3S.ClH/c1-4-2-19-8-5(14)7(16)15(8)6(4)9(17)18-3-10(11,12)13;/h5,8H,2-3,14H2,1H3;1H/t5-,8+;/m1./s1. The number of carbonyl (C=O) groups excluding carboxylic acids is 2. The summed E-state index contributed by atoms with van der Waals surface area (Å²) in [6.07, 6.45) is 0. The summed E-state index contributed by atoms with van der Waals surface area (Å²) in [5.74, 6) is -0.355. The zero-order valence-corrected chi connectivity index (χ0v) is 14.2. The number of hydrogen-bond donors (Lipinski definition) is 1. The van der Waals surface area contributed by atoms with Crippen LogP contribution in [0.3, 0.4) is 0 Å². The maximum atomic E-state index is 12.0. The van der Waals surface area contributed by atoms with Gasteiger partial charge in [-0.15, -0.1) is 24.2 Å². The molecule has 0 unspecified atom stereocenters. The number of fused-ring (bicyclic) bond motifs is 1. The van der Waals surface area contributed by atoms with Gasteiger partial charge < -0.3 is 10.5 Å². The molecule has 2 rings (SSSR count). The Kier molecular flexibility index (Phi) is 5.92. The monoisotopic (exact) mass is 380 g/mol. The van der Waals surface area contributed by atoms with Crippen molar-refractivity contribution in [2.24, 2.45) is 5.73 Å². The Morgan fingerprint density at radius 2 is 2.15 bits per heavy atom. The Hall–Kier alpha value is 0.150. The second-order valence-electron chi connectivity index (χ2n) is 4.26. The molecular weight excluding hydrogens is 370 g/mol. The summed E-state index contributed by atoms with van der Waals surface area (Å²) in [7, 11) is 0. The van der Waals surface area contributed by atoms with Crippen LogP contribution in [0.1, 0.15) is 6.92 Å². The maximum absolute atomic E-state index is 12.0. The lowest BCUT2D eigenvalue weighted by Gasteiger charge is -2.48. The maximum Gasteiger partial charge on any atom is 0.355 e. The molecule has 2 heterocycles. The number of alkyl halides is 3. The van der Waals surface area contributed by atoms with E-state index in [-0.39, 0.29) is 36.0 Å². The predicted molar refractivity (Wildman–Crippen MR) is 82.3 cm³/mol. The van der Waals surface area contributed by atoms with Crippen molar-refractivity contribution in [1.29, 1.82) is 0 Å². The van der Waals surface area contributed by atoms with Crippen LogP contribution in [0.2, 0.25) is 0 Å². The van der Waals surface area contributed by atoms with Crippen LogP contribution in [0.25, 0.3) is 0 Å². The van der Waals surface area contributed by atoms with E-state index in [4.69, 9.17) is 45.3 Å². The summed E-state index contributed by atoms with van der Waals surface area (Å²) >= 11 is 18.1. The number of amides is 1. The second kappa shape index (κ2) is 6.50. The highest BCUT2D eigenvalue weighted by Gasteiger charge is 2.51. The number of carbonyl (C=O) groups is 2. The Morgan fingerprint density at radius 1 is 1.55 bits per heavy atom. The van der Waals surface area contributed by atoms with E-state index in [2.05, 4.69) is 0 Å². The van der Waals surface area contributed by atoms with Gasteiger partial charge in [-0.1, -0.05) is 34.8 Å². The van der Waals surface area contributed by atoms with Crippen LogP contribution in [-0.2, 0) is 14.3 Å². The highest BCUT2D eigenvalue weighted by Crippen LogP contribution is 2.39. The van der Waals surface area contributed by atoms with E-state index in [1.165, 1.54) is 16.7 Å². The molecule has 0 aromatic rings. The van der Waals surface area contributed by atoms with Gasteiger partial charge in [-0.3, -0.25) is 9.69 Å². The van der Waals surface area contributed by atoms with E-state index in [0.29, 0.717) is 5.75 Å². The molecule has 1 saturated heterocycles. The van der Waals surface area contributed by atoms with Crippen LogP contribution in [0, 0.1) is 0 Å². The van der Waals surface area contributed by atoms with Gasteiger partial charge in [0.15, 0.2) is 0 Å². The van der Waals surface area contributed by atoms with Gasteiger partial charge >= 0.3 is 5.97 Å². The number of esters is 1. The molecule has 1 fully saturated rings. The molecule has 2 aliphatic rings. The average Bonchev–Trinajstić information content (AvgIpc) is 2.33. The summed E-state index contributed by atoms with van der Waals surface area (Å²) in [6.45, 7) is 1.38. The largest absolute Gasteiger partial charge is 0.456 e. The van der Waals surface area contributed by atoms with E-state index in [1.54, 1.807) is 6.92 Å². The Bertz CT molecular complexity index is 466. The Morgan fingerprint density at radius 3 is 2.70 bits per heavy atom. The van der Waals surface area contributed by atoms with Crippen molar-refractivity contribution >= 4 is 70.8 Å². The molecule has 0 aliphatic carbocycles. The lowest BCUT2D eigenvalue weighted by Crippen LogP contribution is -2.68. The van der Waals surface area contributed by atoms with E-state index in [1.807, 2.05) is 0 Å². The first-order chi connectivity index (χ1) is 8.72. The summed E-state index contributed by atoms with van der Waals surface area (Å²) in [4.78, 5) is 25.1. The smallest absolute Gasteiger partial charge is 0.355 e. The average molecular weight is 382 g/mol. The zero-order valence-electron chi connectivity index (χ0n) is 10.3. The Labute approximate surface area is 141 Å². The SMILES string of the molecule is CC1=C(C(=O)OCC(Cl)(Cl)Cl)N2C(=O)[C@@H](N)[C@@H]2SC1.Cl. The van der Waals surface area contributed by atoms with Crippen molar-refractivity contribution < 1.29 is 14.3 Å². The molecule has 0 saturated carbocycles. The molecule has 5 nitrogen and oxygen atoms in total. The van der Waals surface area contributed by atoms with Crippen molar-refractivity contribution in [2.45, 2.75) is 22.1 Å². The first-order valence-corrected chi connectivity index (χ1v) is 7.54. The summed E-state index contributed by atoms with van der Waals surface area (Å²) < 4.78 is 3.24. The fourth-order valence-electron chi connectivity index (χ4n) is 1.87. The van der Waals surface area contributed by atoms with Crippen LogP contribution < -0.4 is 5.73 Å². The third-order valence-corrected chi connectivity index (χ3v) is 4.53. The summed E-state index contributed by atoms with van der Waals surface area (Å²) in [5, 5.41) is -0.216. The highest BCUT2D eigenvalue weighted by molar-refractivity contribution is 8.00. The molecule has 0 aromatic carbocycles. The quantitative estimate of drug-likeness (QED) is 0.448. The number of nitrogens with two attached hydrogens (primary N) is 1. The van der Waals surface area contributed by atoms with Gasteiger partial charge in [0.25, 0.3) is 0 Å². The minimum atomic E-state index is -1.68. The molecule has 2 atom stereocenters. The van der Waals surface area contributed by atoms with Gasteiger partial charge in [0, 0.05) is 5.75 Å². The first kappa shape index (κ1) is 18.2. The summed E-state index contributed by atoms with van der Waals surface area (Å²) in [6, 6.07) is -0.575. The number of nitrogens with zero attached hydrogens (tertiary/aromatic N) is 1. The molecule has 1 amide bonds. The molecule has 20 heavy (non-hydrogen) atoms. The lowest BCUT2D eigenvalue weighted by molar-refractivity contribution is -0.150. The van der Waals surface area contributed by atoms with Crippen molar-refractivity contribution in [2.75, 3.05) is 12.4 Å². The predicted octanol–water partition coefficient (Wildman–Crippen LogP) is 1.84. The van der Waals surface area contributed by atoms with Crippen LogP contribution >= 0.6 is 59.0 Å². The molecule has 10 heteroatoms. The molecule has 2 N–H and O–H groups in total. The zero-order chi connectivity index (χ0) is 14.4. The van der Waals surface area contributed by atoms with E-state index >= 15 is 0 Å². The van der Waals surface area contributed by atoms with Crippen molar-refractivity contribution in [3.8, 4) is 0 Å². The van der Waals surface area contributed by atoms with Crippen LogP contribution in [0.4, 0.5) is 0 Å². The molecule has 0 aromatic heterocycles. The van der Waals surface area contributed by atoms with E-state index in [0.717, 1.165) is 5.57 Å². The second-order valence-corrected chi connectivity index (χ2v) is 7.88. The molecule has 2 aliphatic heterocycles. The van der Waals surface area contributed by atoms with Crippen molar-refractivity contribution in [3.05, 3.63) is 11.3 Å². The van der Waals surface area contributed by atoms with E-state index in [9.17, 15) is 9.59 Å². The fraction of sp³-hybridized carbons (Fsp3) is 0.600. The minimum Gasteiger partial charge on any atom is -0.456 e. The summed E-state index contributed by atoms with van der Waals surface area (Å²) in [5.41, 5.74) is 6.64. The minimum absolute atomic E-state index is 0. The molecule has 0 bridgehead atoms. The number of β-lactam (4-membered cyclic amide) rings is 1. The number of thioether (sulfide) groups is 1.